The van der Waals surface area contributed by atoms with E-state index in [1.165, 1.54) is 19.2 Å². The highest BCUT2D eigenvalue weighted by molar-refractivity contribution is 6.33. The van der Waals surface area contributed by atoms with Crippen molar-refractivity contribution in [2.24, 2.45) is 0 Å². The number of carbonyl (C=O) groups excluding carboxylic acids is 2. The van der Waals surface area contributed by atoms with Gasteiger partial charge in [0.2, 0.25) is 0 Å². The zero-order valence-electron chi connectivity index (χ0n) is 13.1. The van der Waals surface area contributed by atoms with Gasteiger partial charge in [-0.15, -0.1) is 0 Å². The molecule has 1 heterocycles. The Morgan fingerprint density at radius 3 is 2.58 bits per heavy atom. The smallest absolute Gasteiger partial charge is 0.417 e. The van der Waals surface area contributed by atoms with Gasteiger partial charge < -0.3 is 4.74 Å². The van der Waals surface area contributed by atoms with E-state index in [9.17, 15) is 22.8 Å². The summed E-state index contributed by atoms with van der Waals surface area (Å²) in [5.74, 6) is -0.504. The molecule has 2 rings (SSSR count). The van der Waals surface area contributed by atoms with Crippen LogP contribution in [0.2, 0.25) is 5.02 Å². The van der Waals surface area contributed by atoms with Crippen LogP contribution in [0.1, 0.15) is 15.9 Å². The monoisotopic (exact) mass is 388 g/mol. The summed E-state index contributed by atoms with van der Waals surface area (Å²) in [5, 5.41) is 1.65. The van der Waals surface area contributed by atoms with E-state index >= 15 is 0 Å². The number of hydrogen-bond donors (Lipinski definition) is 3. The Hall–Kier alpha value is -3.01. The van der Waals surface area contributed by atoms with Crippen molar-refractivity contribution in [3.05, 3.63) is 52.7 Å². The summed E-state index contributed by atoms with van der Waals surface area (Å²) in [4.78, 5) is 27.1. The maximum atomic E-state index is 12.5. The molecule has 0 unspecified atom stereocenters. The van der Waals surface area contributed by atoms with Gasteiger partial charge in [-0.2, -0.15) is 13.2 Å². The van der Waals surface area contributed by atoms with Crippen molar-refractivity contribution in [3.8, 4) is 5.75 Å². The van der Waals surface area contributed by atoms with Gasteiger partial charge >= 0.3 is 12.2 Å². The van der Waals surface area contributed by atoms with E-state index in [2.05, 4.69) is 10.4 Å². The number of amides is 3. The molecule has 0 fully saturated rings. The molecule has 11 heteroatoms. The Morgan fingerprint density at radius 1 is 1.23 bits per heavy atom. The number of nitrogens with zero attached hydrogens (tertiary/aromatic N) is 1. The number of carbonyl (C=O) groups is 2. The van der Waals surface area contributed by atoms with Crippen LogP contribution in [-0.2, 0) is 6.18 Å². The van der Waals surface area contributed by atoms with Crippen molar-refractivity contribution in [2.45, 2.75) is 6.18 Å². The fourth-order valence-electron chi connectivity index (χ4n) is 1.77. The zero-order valence-corrected chi connectivity index (χ0v) is 13.9. The minimum atomic E-state index is -4.59. The molecule has 0 spiro atoms. The molecule has 1 aromatic carbocycles. The highest BCUT2D eigenvalue weighted by atomic mass is 35.5. The second kappa shape index (κ2) is 7.91. The maximum absolute atomic E-state index is 12.5. The van der Waals surface area contributed by atoms with Crippen LogP contribution in [0.4, 0.5) is 23.8 Å². The van der Waals surface area contributed by atoms with Crippen molar-refractivity contribution in [1.29, 1.82) is 0 Å². The number of rotatable bonds is 4. The van der Waals surface area contributed by atoms with Crippen LogP contribution in [0.5, 0.6) is 5.75 Å². The Balaban J connectivity index is 1.95. The first-order valence-electron chi connectivity index (χ1n) is 6.95. The highest BCUT2D eigenvalue weighted by Crippen LogP contribution is 2.32. The lowest BCUT2D eigenvalue weighted by Crippen LogP contribution is -2.42. The summed E-state index contributed by atoms with van der Waals surface area (Å²) in [6.07, 6.45) is -4.04. The van der Waals surface area contributed by atoms with Crippen LogP contribution >= 0.6 is 11.6 Å². The van der Waals surface area contributed by atoms with Gasteiger partial charge in [-0.05, 0) is 24.3 Å². The van der Waals surface area contributed by atoms with E-state index in [1.807, 2.05) is 10.7 Å². The largest absolute Gasteiger partial charge is 0.497 e. The minimum Gasteiger partial charge on any atom is -0.497 e. The number of pyridine rings is 1. The molecule has 1 aromatic heterocycles. The molecular weight excluding hydrogens is 377 g/mol. The summed E-state index contributed by atoms with van der Waals surface area (Å²) in [7, 11) is 1.43. The molecular formula is C15H12ClF3N4O3. The van der Waals surface area contributed by atoms with E-state index in [0.29, 0.717) is 18.0 Å². The fraction of sp³-hybridized carbons (Fsp3) is 0.133. The number of aromatic nitrogens is 1. The molecule has 2 aromatic rings. The van der Waals surface area contributed by atoms with Crippen LogP contribution < -0.4 is 20.9 Å². The van der Waals surface area contributed by atoms with Crippen molar-refractivity contribution >= 4 is 29.4 Å². The van der Waals surface area contributed by atoms with Crippen LogP contribution in [0.25, 0.3) is 0 Å². The zero-order chi connectivity index (χ0) is 19.3. The number of alkyl halides is 3. The number of halogens is 4. The fourth-order valence-corrected chi connectivity index (χ4v) is 1.99. The van der Waals surface area contributed by atoms with Crippen LogP contribution in [0.3, 0.4) is 0 Å². The number of hydrazine groups is 1. The van der Waals surface area contributed by atoms with E-state index in [-0.39, 0.29) is 16.4 Å². The number of urea groups is 1. The molecule has 0 saturated carbocycles. The number of nitrogens with one attached hydrogen (secondary N) is 3. The average Bonchev–Trinajstić information content (AvgIpc) is 2.59. The van der Waals surface area contributed by atoms with Crippen molar-refractivity contribution in [2.75, 3.05) is 12.5 Å². The molecule has 3 N–H and O–H groups in total. The molecule has 0 radical (unpaired) electrons. The normalized spacial score (nSPS) is 10.8. The number of imide groups is 1. The SMILES string of the molecule is COc1cccc(C(=O)NC(=O)NNc2ncc(C(F)(F)F)cc2Cl)c1. The maximum Gasteiger partial charge on any atom is 0.417 e. The summed E-state index contributed by atoms with van der Waals surface area (Å²) < 4.78 is 42.5. The van der Waals surface area contributed by atoms with Gasteiger partial charge in [0.1, 0.15) is 5.75 Å². The van der Waals surface area contributed by atoms with Gasteiger partial charge in [0.15, 0.2) is 5.82 Å². The Kier molecular flexibility index (Phi) is 5.88. The standard InChI is InChI=1S/C15H12ClF3N4O3/c1-26-10-4-2-3-8(5-10)13(24)21-14(25)23-22-12-11(16)6-9(7-20-12)15(17,18)19/h2-7H,1H3,(H,20,22)(H2,21,23,24,25). The van der Waals surface area contributed by atoms with E-state index in [1.54, 1.807) is 12.1 Å². The average molecular weight is 389 g/mol. The molecule has 0 aliphatic heterocycles. The predicted molar refractivity (Wildman–Crippen MR) is 86.9 cm³/mol. The van der Waals surface area contributed by atoms with Crippen molar-refractivity contribution in [1.82, 2.24) is 15.7 Å². The Labute approximate surface area is 150 Å². The van der Waals surface area contributed by atoms with Crippen LogP contribution in [0, 0.1) is 0 Å². The lowest BCUT2D eigenvalue weighted by molar-refractivity contribution is -0.137. The van der Waals surface area contributed by atoms with Gasteiger partial charge in [0, 0.05) is 11.8 Å². The molecule has 7 nitrogen and oxygen atoms in total. The highest BCUT2D eigenvalue weighted by Gasteiger charge is 2.31. The molecule has 3 amide bonds. The first kappa shape index (κ1) is 19.3. The molecule has 26 heavy (non-hydrogen) atoms. The van der Waals surface area contributed by atoms with E-state index in [0.717, 1.165) is 0 Å². The lowest BCUT2D eigenvalue weighted by Gasteiger charge is -2.12. The molecule has 0 aliphatic rings. The van der Waals surface area contributed by atoms with Gasteiger partial charge in [-0.25, -0.2) is 15.2 Å². The van der Waals surface area contributed by atoms with Crippen molar-refractivity contribution < 1.29 is 27.5 Å². The van der Waals surface area contributed by atoms with E-state index < -0.39 is 23.7 Å². The molecule has 0 aliphatic carbocycles. The topological polar surface area (TPSA) is 92.3 Å². The summed E-state index contributed by atoms with van der Waals surface area (Å²) in [6.45, 7) is 0. The molecule has 0 saturated heterocycles. The minimum absolute atomic E-state index is 0.171. The molecule has 0 atom stereocenters. The number of hydrogen-bond acceptors (Lipinski definition) is 5. The number of benzene rings is 1. The summed E-state index contributed by atoms with van der Waals surface area (Å²) >= 11 is 5.68. The summed E-state index contributed by atoms with van der Waals surface area (Å²) in [6, 6.07) is 5.76. The van der Waals surface area contributed by atoms with Gasteiger partial charge in [-0.3, -0.25) is 15.5 Å². The second-order valence-electron chi connectivity index (χ2n) is 4.82. The third-order valence-corrected chi connectivity index (χ3v) is 3.31. The predicted octanol–water partition coefficient (Wildman–Crippen LogP) is 3.23. The van der Waals surface area contributed by atoms with Crippen LogP contribution in [-0.4, -0.2) is 24.0 Å². The Bertz CT molecular complexity index is 830. The Morgan fingerprint density at radius 2 is 1.96 bits per heavy atom. The first-order valence-corrected chi connectivity index (χ1v) is 7.32. The lowest BCUT2D eigenvalue weighted by atomic mass is 10.2. The number of anilines is 1. The van der Waals surface area contributed by atoms with Crippen molar-refractivity contribution in [3.63, 3.8) is 0 Å². The first-order chi connectivity index (χ1) is 12.2. The molecule has 138 valence electrons. The third kappa shape index (κ3) is 4.99. The second-order valence-corrected chi connectivity index (χ2v) is 5.22. The quantitative estimate of drug-likeness (QED) is 0.699. The van der Waals surface area contributed by atoms with Gasteiger partial charge in [0.25, 0.3) is 5.91 Å². The van der Waals surface area contributed by atoms with E-state index in [4.69, 9.17) is 16.3 Å². The van der Waals surface area contributed by atoms with Gasteiger partial charge in [-0.1, -0.05) is 17.7 Å². The molecule has 0 bridgehead atoms. The third-order valence-electron chi connectivity index (χ3n) is 3.02. The van der Waals surface area contributed by atoms with Crippen LogP contribution in [0.15, 0.2) is 36.5 Å². The number of ether oxygens (including phenoxy) is 1. The summed E-state index contributed by atoms with van der Waals surface area (Å²) in [5.41, 5.74) is 3.40. The number of methoxy groups -OCH3 is 1. The van der Waals surface area contributed by atoms with Gasteiger partial charge in [0.05, 0.1) is 17.7 Å².